The fourth-order valence-electron chi connectivity index (χ4n) is 1.56. The van der Waals surface area contributed by atoms with Gasteiger partial charge in [-0.25, -0.2) is 4.79 Å². The smallest absolute Gasteiger partial charge is 0.326 e. The van der Waals surface area contributed by atoms with Crippen LogP contribution >= 0.6 is 0 Å². The third-order valence-corrected chi connectivity index (χ3v) is 2.59. The Morgan fingerprint density at radius 1 is 1.00 bits per heavy atom. The summed E-state index contributed by atoms with van der Waals surface area (Å²) in [4.78, 5) is 54.6. The molecule has 0 aromatic heterocycles. The number of carboxylic acid groups (broad SMARTS) is 3. The number of hydrogen-bond acceptors (Lipinski definition) is 6. The van der Waals surface area contributed by atoms with Gasteiger partial charge >= 0.3 is 17.9 Å². The molecule has 22 heavy (non-hydrogen) atoms. The maximum atomic E-state index is 11.8. The van der Waals surface area contributed by atoms with Crippen LogP contribution < -0.4 is 11.1 Å². The third kappa shape index (κ3) is 6.65. The van der Waals surface area contributed by atoms with Crippen LogP contribution in [0.1, 0.15) is 25.7 Å². The van der Waals surface area contributed by atoms with E-state index < -0.39 is 60.6 Å². The van der Waals surface area contributed by atoms with Gasteiger partial charge < -0.3 is 31.5 Å². The van der Waals surface area contributed by atoms with E-state index in [1.807, 2.05) is 0 Å². The van der Waals surface area contributed by atoms with Crippen LogP contribution in [0, 0.1) is 0 Å². The molecule has 0 unspecified atom stereocenters. The molecular weight excluding hydrogens is 304 g/mol. The first-order chi connectivity index (χ1) is 9.97. The molecule has 0 saturated heterocycles. The molecule has 0 rings (SSSR count). The van der Waals surface area contributed by atoms with E-state index in [0.29, 0.717) is 0 Å². The summed E-state index contributed by atoms with van der Waals surface area (Å²) in [6, 6.07) is -1.63. The normalized spacial score (nSPS) is 12.2. The maximum absolute atomic E-state index is 11.8. The Bertz CT molecular complexity index is 472. The fraction of sp³-hybridized carbons (Fsp3) is 0.545. The average molecular weight is 320 g/mol. The molecule has 0 saturated carbocycles. The largest absolute Gasteiger partial charge is 0.481 e. The minimum Gasteiger partial charge on any atom is -0.481 e. The van der Waals surface area contributed by atoms with Crippen molar-refractivity contribution in [3.63, 3.8) is 0 Å². The number of aliphatic hydroxyl groups is 1. The lowest BCUT2D eigenvalue weighted by Crippen LogP contribution is -2.54. The average Bonchev–Trinajstić information content (AvgIpc) is 2.31. The van der Waals surface area contributed by atoms with Gasteiger partial charge in [-0.3, -0.25) is 19.2 Å². The molecule has 0 aromatic rings. The fourth-order valence-corrected chi connectivity index (χ4v) is 1.56. The van der Waals surface area contributed by atoms with Crippen LogP contribution in [0.3, 0.4) is 0 Å². The summed E-state index contributed by atoms with van der Waals surface area (Å²) in [5.41, 5.74) is 2.02. The SMILES string of the molecule is NC(=O)CC[C@H](NC(=O)C(O)(CC(=O)O)CC(=O)O)C(=O)O. The zero-order valence-electron chi connectivity index (χ0n) is 11.3. The van der Waals surface area contributed by atoms with Gasteiger partial charge in [-0.2, -0.15) is 0 Å². The first kappa shape index (κ1) is 19.3. The van der Waals surface area contributed by atoms with E-state index in [-0.39, 0.29) is 6.42 Å². The predicted octanol–water partition coefficient (Wildman–Crippen LogP) is -2.50. The number of amides is 2. The number of rotatable bonds is 10. The second kappa shape index (κ2) is 7.93. The molecule has 0 aliphatic carbocycles. The van der Waals surface area contributed by atoms with Gasteiger partial charge in [-0.1, -0.05) is 0 Å². The Morgan fingerprint density at radius 3 is 1.77 bits per heavy atom. The van der Waals surface area contributed by atoms with Gasteiger partial charge in [0.25, 0.3) is 5.91 Å². The highest BCUT2D eigenvalue weighted by Crippen LogP contribution is 2.17. The van der Waals surface area contributed by atoms with Crippen molar-refractivity contribution in [2.24, 2.45) is 5.73 Å². The van der Waals surface area contributed by atoms with Gasteiger partial charge in [0.1, 0.15) is 6.04 Å². The van der Waals surface area contributed by atoms with E-state index in [1.165, 1.54) is 0 Å². The number of hydrogen-bond donors (Lipinski definition) is 6. The molecule has 11 heteroatoms. The van der Waals surface area contributed by atoms with Crippen LogP contribution in [0.15, 0.2) is 0 Å². The summed E-state index contributed by atoms with van der Waals surface area (Å²) < 4.78 is 0. The van der Waals surface area contributed by atoms with Crippen LogP contribution in [-0.4, -0.2) is 61.8 Å². The standard InChI is InChI=1S/C11H16N2O9/c12-6(14)2-1-5(9(19)20)13-10(21)11(22,3-7(15)16)4-8(17)18/h5,22H,1-4H2,(H2,12,14)(H,13,21)(H,15,16)(H,17,18)(H,19,20)/t5-/m0/s1. The van der Waals surface area contributed by atoms with Crippen LogP contribution in [0.5, 0.6) is 0 Å². The molecule has 124 valence electrons. The van der Waals surface area contributed by atoms with Crippen molar-refractivity contribution in [2.75, 3.05) is 0 Å². The molecule has 2 amide bonds. The predicted molar refractivity (Wildman–Crippen MR) is 67.5 cm³/mol. The summed E-state index contributed by atoms with van der Waals surface area (Å²) in [6.45, 7) is 0. The lowest BCUT2D eigenvalue weighted by atomic mass is 9.93. The Labute approximate surface area is 123 Å². The Balaban J connectivity index is 5.11. The molecule has 0 heterocycles. The maximum Gasteiger partial charge on any atom is 0.326 e. The number of nitrogens with one attached hydrogen (secondary N) is 1. The van der Waals surface area contributed by atoms with Gasteiger partial charge in [-0.05, 0) is 6.42 Å². The number of aliphatic carboxylic acids is 3. The van der Waals surface area contributed by atoms with Crippen LogP contribution in [0.2, 0.25) is 0 Å². The molecule has 7 N–H and O–H groups in total. The summed E-state index contributed by atoms with van der Waals surface area (Å²) in [7, 11) is 0. The highest BCUT2D eigenvalue weighted by Gasteiger charge is 2.42. The Hall–Kier alpha value is -2.69. The third-order valence-electron chi connectivity index (χ3n) is 2.59. The molecule has 0 aliphatic heterocycles. The number of carboxylic acids is 3. The molecular formula is C11H16N2O9. The van der Waals surface area contributed by atoms with E-state index in [1.54, 1.807) is 5.32 Å². The molecule has 1 atom stereocenters. The van der Waals surface area contributed by atoms with E-state index in [4.69, 9.17) is 21.1 Å². The van der Waals surface area contributed by atoms with Gasteiger partial charge in [0.15, 0.2) is 5.60 Å². The molecule has 0 spiro atoms. The van der Waals surface area contributed by atoms with Gasteiger partial charge in [0.2, 0.25) is 5.91 Å². The minimum atomic E-state index is -2.82. The molecule has 11 nitrogen and oxygen atoms in total. The number of carbonyl (C=O) groups is 5. The van der Waals surface area contributed by atoms with Gasteiger partial charge in [0, 0.05) is 6.42 Å². The second-order valence-electron chi connectivity index (χ2n) is 4.54. The van der Waals surface area contributed by atoms with Crippen molar-refractivity contribution < 1.29 is 44.4 Å². The first-order valence-electron chi connectivity index (χ1n) is 5.96. The van der Waals surface area contributed by atoms with Crippen molar-refractivity contribution in [3.05, 3.63) is 0 Å². The summed E-state index contributed by atoms with van der Waals surface area (Å²) >= 11 is 0. The molecule has 0 bridgehead atoms. The number of carbonyl (C=O) groups excluding carboxylic acids is 2. The summed E-state index contributed by atoms with van der Waals surface area (Å²) in [5.74, 6) is -7.16. The molecule has 0 aliphatic rings. The zero-order chi connectivity index (χ0) is 17.5. The van der Waals surface area contributed by atoms with Crippen LogP contribution in [-0.2, 0) is 24.0 Å². The minimum absolute atomic E-state index is 0.381. The lowest BCUT2D eigenvalue weighted by molar-refractivity contribution is -0.160. The topological polar surface area (TPSA) is 204 Å². The van der Waals surface area contributed by atoms with Crippen molar-refractivity contribution in [1.82, 2.24) is 5.32 Å². The van der Waals surface area contributed by atoms with E-state index >= 15 is 0 Å². The van der Waals surface area contributed by atoms with Crippen LogP contribution in [0.25, 0.3) is 0 Å². The van der Waals surface area contributed by atoms with E-state index in [0.717, 1.165) is 0 Å². The van der Waals surface area contributed by atoms with Crippen molar-refractivity contribution in [3.8, 4) is 0 Å². The number of primary amides is 1. The van der Waals surface area contributed by atoms with Gasteiger partial charge in [-0.15, -0.1) is 0 Å². The molecule has 0 aromatic carbocycles. The summed E-state index contributed by atoms with van der Waals surface area (Å²) in [6.07, 6.45) is -3.24. The first-order valence-corrected chi connectivity index (χ1v) is 5.96. The van der Waals surface area contributed by atoms with E-state index in [2.05, 4.69) is 0 Å². The van der Waals surface area contributed by atoms with Crippen molar-refractivity contribution in [1.29, 1.82) is 0 Å². The Kier molecular flexibility index (Phi) is 6.96. The lowest BCUT2D eigenvalue weighted by Gasteiger charge is -2.25. The monoisotopic (exact) mass is 320 g/mol. The highest BCUT2D eigenvalue weighted by molar-refractivity contribution is 5.94. The quantitative estimate of drug-likeness (QED) is 0.251. The van der Waals surface area contributed by atoms with Crippen LogP contribution in [0.4, 0.5) is 0 Å². The van der Waals surface area contributed by atoms with Crippen molar-refractivity contribution in [2.45, 2.75) is 37.3 Å². The number of nitrogens with two attached hydrogens (primary N) is 1. The second-order valence-corrected chi connectivity index (χ2v) is 4.54. The van der Waals surface area contributed by atoms with Crippen molar-refractivity contribution >= 4 is 29.7 Å². The zero-order valence-corrected chi connectivity index (χ0v) is 11.3. The molecule has 0 fully saturated rings. The highest BCUT2D eigenvalue weighted by atomic mass is 16.4. The van der Waals surface area contributed by atoms with E-state index in [9.17, 15) is 29.1 Å². The summed E-state index contributed by atoms with van der Waals surface area (Å²) in [5, 5.41) is 37.8. The molecule has 0 radical (unpaired) electrons. The van der Waals surface area contributed by atoms with Gasteiger partial charge in [0.05, 0.1) is 12.8 Å². The Morgan fingerprint density at radius 2 is 1.45 bits per heavy atom.